The van der Waals surface area contributed by atoms with Gasteiger partial charge in [-0.1, -0.05) is 12.5 Å². The number of hydrogen-bond donors (Lipinski definition) is 2. The number of carbonyl (C=O) groups is 1. The van der Waals surface area contributed by atoms with Gasteiger partial charge in [0.05, 0.1) is 13.2 Å². The van der Waals surface area contributed by atoms with Crippen LogP contribution in [0.15, 0.2) is 18.3 Å². The lowest BCUT2D eigenvalue weighted by atomic mass is 9.65. The van der Waals surface area contributed by atoms with Crippen molar-refractivity contribution in [1.82, 2.24) is 10.3 Å². The Kier molecular flexibility index (Phi) is 8.81. The van der Waals surface area contributed by atoms with E-state index >= 15 is 0 Å². The Morgan fingerprint density at radius 2 is 1.89 bits per heavy atom. The van der Waals surface area contributed by atoms with Crippen LogP contribution in [0.3, 0.4) is 0 Å². The molecule has 2 heterocycles. The minimum absolute atomic E-state index is 0. The van der Waals surface area contributed by atoms with Crippen LogP contribution in [0.5, 0.6) is 0 Å². The Morgan fingerprint density at radius 1 is 1.21 bits per heavy atom. The summed E-state index contributed by atoms with van der Waals surface area (Å²) in [5.74, 6) is 2.33. The molecule has 2 unspecified atom stereocenters. The second-order valence-electron chi connectivity index (χ2n) is 8.00. The molecule has 3 aliphatic rings. The second kappa shape index (κ2) is 10.6. The van der Waals surface area contributed by atoms with E-state index in [2.05, 4.69) is 21.3 Å². The minimum Gasteiger partial charge on any atom is -0.378 e. The Morgan fingerprint density at radius 3 is 2.57 bits per heavy atom. The zero-order valence-corrected chi connectivity index (χ0v) is 17.9. The summed E-state index contributed by atoms with van der Waals surface area (Å²) in [5.41, 5.74) is 7.44. The number of ether oxygens (including phenoxy) is 1. The van der Waals surface area contributed by atoms with Crippen molar-refractivity contribution in [1.29, 1.82) is 0 Å². The number of halogens is 2. The number of rotatable bonds is 4. The molecule has 0 radical (unpaired) electrons. The topological polar surface area (TPSA) is 80.5 Å². The van der Waals surface area contributed by atoms with Crippen molar-refractivity contribution in [3.8, 4) is 0 Å². The third-order valence-corrected chi connectivity index (χ3v) is 6.42. The van der Waals surface area contributed by atoms with Crippen molar-refractivity contribution < 1.29 is 9.53 Å². The summed E-state index contributed by atoms with van der Waals surface area (Å²) < 4.78 is 5.43. The minimum atomic E-state index is 0. The van der Waals surface area contributed by atoms with Gasteiger partial charge in [-0.15, -0.1) is 24.8 Å². The lowest BCUT2D eigenvalue weighted by Gasteiger charge is -2.43. The van der Waals surface area contributed by atoms with Crippen LogP contribution in [0, 0.1) is 17.8 Å². The summed E-state index contributed by atoms with van der Waals surface area (Å²) in [7, 11) is 0. The highest BCUT2D eigenvalue weighted by Gasteiger charge is 2.40. The van der Waals surface area contributed by atoms with Gasteiger partial charge in [-0.2, -0.15) is 0 Å². The summed E-state index contributed by atoms with van der Waals surface area (Å²) in [5, 5.41) is 3.17. The summed E-state index contributed by atoms with van der Waals surface area (Å²) in [6.45, 7) is 3.70. The van der Waals surface area contributed by atoms with Crippen molar-refractivity contribution >= 4 is 36.5 Å². The van der Waals surface area contributed by atoms with Gasteiger partial charge in [0.15, 0.2) is 0 Å². The van der Waals surface area contributed by atoms with Crippen LogP contribution in [0.4, 0.5) is 5.82 Å². The Balaban J connectivity index is 0.00000140. The van der Waals surface area contributed by atoms with E-state index in [9.17, 15) is 4.79 Å². The van der Waals surface area contributed by atoms with Crippen LogP contribution in [0.2, 0.25) is 0 Å². The molecule has 6 nitrogen and oxygen atoms in total. The summed E-state index contributed by atoms with van der Waals surface area (Å²) in [6.07, 6.45) is 7.37. The van der Waals surface area contributed by atoms with E-state index in [4.69, 9.17) is 10.5 Å². The van der Waals surface area contributed by atoms with Gasteiger partial charge in [-0.3, -0.25) is 4.79 Å². The maximum absolute atomic E-state index is 12.8. The van der Waals surface area contributed by atoms with Crippen LogP contribution in [-0.4, -0.2) is 43.2 Å². The van der Waals surface area contributed by atoms with Crippen molar-refractivity contribution in [2.45, 2.75) is 44.7 Å². The molecular weight excluding hydrogens is 399 g/mol. The van der Waals surface area contributed by atoms with E-state index < -0.39 is 0 Å². The van der Waals surface area contributed by atoms with Crippen molar-refractivity contribution in [3.63, 3.8) is 0 Å². The number of nitrogens with two attached hydrogens (primary N) is 1. The molecule has 3 N–H and O–H groups in total. The van der Waals surface area contributed by atoms with Crippen LogP contribution in [0.1, 0.15) is 37.7 Å². The number of anilines is 1. The van der Waals surface area contributed by atoms with E-state index in [0.29, 0.717) is 24.4 Å². The zero-order valence-electron chi connectivity index (χ0n) is 16.2. The van der Waals surface area contributed by atoms with E-state index in [0.717, 1.165) is 50.5 Å². The molecular formula is C20H32Cl2N4O2. The van der Waals surface area contributed by atoms with Gasteiger partial charge in [0, 0.05) is 43.4 Å². The molecule has 2 aliphatic carbocycles. The molecule has 2 bridgehead atoms. The predicted octanol–water partition coefficient (Wildman–Crippen LogP) is 2.53. The number of carbonyl (C=O) groups excluding carboxylic acids is 1. The third-order valence-electron chi connectivity index (χ3n) is 6.42. The Labute approximate surface area is 179 Å². The van der Waals surface area contributed by atoms with Gasteiger partial charge in [0.2, 0.25) is 5.91 Å². The van der Waals surface area contributed by atoms with E-state index in [1.807, 2.05) is 12.3 Å². The van der Waals surface area contributed by atoms with Gasteiger partial charge in [0.25, 0.3) is 0 Å². The first kappa shape index (κ1) is 23.2. The quantitative estimate of drug-likeness (QED) is 0.766. The smallest absolute Gasteiger partial charge is 0.223 e. The largest absolute Gasteiger partial charge is 0.378 e. The van der Waals surface area contributed by atoms with Crippen LogP contribution >= 0.6 is 24.8 Å². The number of nitrogens with one attached hydrogen (secondary N) is 1. The van der Waals surface area contributed by atoms with Crippen LogP contribution < -0.4 is 16.0 Å². The van der Waals surface area contributed by atoms with Gasteiger partial charge in [-0.05, 0) is 43.6 Å². The number of aromatic nitrogens is 1. The first-order valence-electron chi connectivity index (χ1n) is 10.0. The molecule has 4 rings (SSSR count). The molecule has 2 saturated carbocycles. The van der Waals surface area contributed by atoms with Gasteiger partial charge >= 0.3 is 0 Å². The van der Waals surface area contributed by atoms with Gasteiger partial charge in [-0.25, -0.2) is 4.98 Å². The van der Waals surface area contributed by atoms with Gasteiger partial charge < -0.3 is 20.7 Å². The molecule has 8 heteroatoms. The van der Waals surface area contributed by atoms with E-state index in [1.54, 1.807) is 0 Å². The number of amides is 1. The highest BCUT2D eigenvalue weighted by atomic mass is 35.5. The summed E-state index contributed by atoms with van der Waals surface area (Å²) >= 11 is 0. The van der Waals surface area contributed by atoms with E-state index in [-0.39, 0.29) is 36.6 Å². The maximum Gasteiger partial charge on any atom is 0.223 e. The molecule has 2 atom stereocenters. The molecule has 1 aliphatic heterocycles. The highest BCUT2D eigenvalue weighted by molar-refractivity contribution is 5.85. The molecule has 3 fully saturated rings. The predicted molar refractivity (Wildman–Crippen MR) is 115 cm³/mol. The molecule has 1 aromatic heterocycles. The summed E-state index contributed by atoms with van der Waals surface area (Å²) in [6, 6.07) is 4.30. The third kappa shape index (κ3) is 5.09. The normalized spacial score (nSPS) is 29.2. The molecule has 1 amide bonds. The number of hydrogen-bond acceptors (Lipinski definition) is 5. The first-order valence-corrected chi connectivity index (χ1v) is 10.0. The van der Waals surface area contributed by atoms with Crippen molar-refractivity contribution in [3.05, 3.63) is 23.9 Å². The van der Waals surface area contributed by atoms with Crippen molar-refractivity contribution in [2.75, 3.05) is 31.2 Å². The fraction of sp³-hybridized carbons (Fsp3) is 0.700. The van der Waals surface area contributed by atoms with E-state index in [1.165, 1.54) is 19.3 Å². The Bertz CT molecular complexity index is 628. The first-order chi connectivity index (χ1) is 12.7. The Hall–Kier alpha value is -1.08. The molecule has 0 aromatic carbocycles. The summed E-state index contributed by atoms with van der Waals surface area (Å²) in [4.78, 5) is 19.6. The number of pyridine rings is 1. The average molecular weight is 431 g/mol. The monoisotopic (exact) mass is 430 g/mol. The standard InChI is InChI=1S/C20H30N4O2.2ClH/c21-18-14-3-1-4-15(18)12-17(11-14)20(25)23-13-16-5-2-6-22-19(16)24-7-9-26-10-8-24;;/h2,5-6,14-15,17-18H,1,3-4,7-13,21H2,(H,23,25);2*1H. The fourth-order valence-corrected chi connectivity index (χ4v) is 4.96. The second-order valence-corrected chi connectivity index (χ2v) is 8.00. The molecule has 158 valence electrons. The highest BCUT2D eigenvalue weighted by Crippen LogP contribution is 2.41. The number of nitrogens with zero attached hydrogens (tertiary/aromatic N) is 2. The van der Waals surface area contributed by atoms with Crippen LogP contribution in [0.25, 0.3) is 0 Å². The maximum atomic E-state index is 12.8. The average Bonchev–Trinajstić information content (AvgIpc) is 2.67. The van der Waals surface area contributed by atoms with Crippen molar-refractivity contribution in [2.24, 2.45) is 23.5 Å². The zero-order chi connectivity index (χ0) is 17.9. The lowest BCUT2D eigenvalue weighted by molar-refractivity contribution is -0.128. The molecule has 1 saturated heterocycles. The molecule has 1 aromatic rings. The number of fused-ring (bicyclic) bond motifs is 2. The van der Waals surface area contributed by atoms with Gasteiger partial charge in [0.1, 0.15) is 5.82 Å². The molecule has 0 spiro atoms. The lowest BCUT2D eigenvalue weighted by Crippen LogP contribution is -2.49. The SMILES string of the molecule is Cl.Cl.NC1C2CCCC1CC(C(=O)NCc1cccnc1N1CCOCC1)C2. The van der Waals surface area contributed by atoms with Crippen LogP contribution in [-0.2, 0) is 16.1 Å². The number of morpholine rings is 1. The fourth-order valence-electron chi connectivity index (χ4n) is 4.96. The molecule has 28 heavy (non-hydrogen) atoms.